The van der Waals surface area contributed by atoms with E-state index in [1.54, 1.807) is 6.07 Å². The van der Waals surface area contributed by atoms with Crippen molar-refractivity contribution in [3.63, 3.8) is 0 Å². The highest BCUT2D eigenvalue weighted by atomic mass is 19.4. The molecule has 0 amide bonds. The second-order valence-electron chi connectivity index (χ2n) is 7.29. The van der Waals surface area contributed by atoms with Crippen LogP contribution in [0.1, 0.15) is 50.3 Å². The summed E-state index contributed by atoms with van der Waals surface area (Å²) in [6.45, 7) is 5.34. The van der Waals surface area contributed by atoms with Gasteiger partial charge < -0.3 is 0 Å². The molecule has 23 heavy (non-hydrogen) atoms. The van der Waals surface area contributed by atoms with Crippen LogP contribution in [0.25, 0.3) is 0 Å². The molecule has 0 spiro atoms. The maximum atomic E-state index is 13.4. The predicted octanol–water partition coefficient (Wildman–Crippen LogP) is 5.23. The Morgan fingerprint density at radius 3 is 2.30 bits per heavy atom. The molecule has 1 saturated heterocycles. The number of halogens is 5. The van der Waals surface area contributed by atoms with Gasteiger partial charge in [-0.2, -0.15) is 13.2 Å². The fourth-order valence-corrected chi connectivity index (χ4v) is 2.87. The molecule has 2 rings (SSSR count). The van der Waals surface area contributed by atoms with E-state index in [1.165, 1.54) is 11.0 Å². The molecule has 130 valence electrons. The molecule has 0 unspecified atom stereocenters. The van der Waals surface area contributed by atoms with Gasteiger partial charge in [0.15, 0.2) is 0 Å². The first kappa shape index (κ1) is 18.2. The van der Waals surface area contributed by atoms with Crippen molar-refractivity contribution in [3.8, 4) is 0 Å². The van der Waals surface area contributed by atoms with Crippen molar-refractivity contribution in [3.05, 3.63) is 34.9 Å². The zero-order valence-electron chi connectivity index (χ0n) is 13.6. The van der Waals surface area contributed by atoms with Gasteiger partial charge in [-0.15, -0.1) is 0 Å². The monoisotopic (exact) mass is 335 g/mol. The van der Waals surface area contributed by atoms with E-state index < -0.39 is 29.6 Å². The summed E-state index contributed by atoms with van der Waals surface area (Å²) in [6, 6.07) is 4.24. The van der Waals surface area contributed by atoms with Gasteiger partial charge in [0.2, 0.25) is 0 Å². The SMILES string of the molecule is CC(C)(C)c1ccc(CN2CCCC(F)(F)C2)c(C(F)(F)F)c1. The highest BCUT2D eigenvalue weighted by molar-refractivity contribution is 5.37. The van der Waals surface area contributed by atoms with Crippen molar-refractivity contribution < 1.29 is 22.0 Å². The average Bonchev–Trinajstić information content (AvgIpc) is 2.35. The summed E-state index contributed by atoms with van der Waals surface area (Å²) in [5.41, 5.74) is -0.490. The van der Waals surface area contributed by atoms with Crippen molar-refractivity contribution in [1.82, 2.24) is 4.90 Å². The third kappa shape index (κ3) is 4.66. The minimum atomic E-state index is -4.49. The van der Waals surface area contributed by atoms with E-state index in [1.807, 2.05) is 20.8 Å². The molecule has 1 aromatic carbocycles. The predicted molar refractivity (Wildman–Crippen MR) is 79.6 cm³/mol. The highest BCUT2D eigenvalue weighted by Crippen LogP contribution is 2.36. The zero-order valence-corrected chi connectivity index (χ0v) is 13.6. The van der Waals surface area contributed by atoms with Crippen LogP contribution in [0.3, 0.4) is 0 Å². The summed E-state index contributed by atoms with van der Waals surface area (Å²) in [5, 5.41) is 0. The van der Waals surface area contributed by atoms with Crippen LogP contribution in [0.15, 0.2) is 18.2 Å². The van der Waals surface area contributed by atoms with Crippen LogP contribution in [0.2, 0.25) is 0 Å². The van der Waals surface area contributed by atoms with Gasteiger partial charge in [-0.1, -0.05) is 32.9 Å². The maximum absolute atomic E-state index is 13.4. The van der Waals surface area contributed by atoms with E-state index in [4.69, 9.17) is 0 Å². The van der Waals surface area contributed by atoms with Crippen LogP contribution in [0.5, 0.6) is 0 Å². The Hall–Kier alpha value is -1.17. The summed E-state index contributed by atoms with van der Waals surface area (Å²) >= 11 is 0. The molecule has 1 aliphatic heterocycles. The van der Waals surface area contributed by atoms with E-state index in [0.29, 0.717) is 18.5 Å². The number of hydrogen-bond donors (Lipinski definition) is 0. The molecule has 6 heteroatoms. The minimum absolute atomic E-state index is 0.0585. The Bertz CT molecular complexity index is 557. The van der Waals surface area contributed by atoms with Gasteiger partial charge >= 0.3 is 6.18 Å². The van der Waals surface area contributed by atoms with Gasteiger partial charge in [-0.3, -0.25) is 4.90 Å². The fourth-order valence-electron chi connectivity index (χ4n) is 2.87. The molecule has 1 heterocycles. The molecule has 1 fully saturated rings. The largest absolute Gasteiger partial charge is 0.416 e. The van der Waals surface area contributed by atoms with E-state index in [2.05, 4.69) is 0 Å². The third-order valence-corrected chi connectivity index (χ3v) is 4.15. The van der Waals surface area contributed by atoms with Gasteiger partial charge in [-0.05, 0) is 35.6 Å². The summed E-state index contributed by atoms with van der Waals surface area (Å²) < 4.78 is 67.0. The second-order valence-corrected chi connectivity index (χ2v) is 7.29. The number of rotatable bonds is 2. The first-order valence-electron chi connectivity index (χ1n) is 7.69. The van der Waals surface area contributed by atoms with Crippen LogP contribution in [0, 0.1) is 0 Å². The topological polar surface area (TPSA) is 3.24 Å². The molecule has 0 radical (unpaired) electrons. The molecule has 1 aliphatic rings. The van der Waals surface area contributed by atoms with Crippen LogP contribution in [0.4, 0.5) is 22.0 Å². The summed E-state index contributed by atoms with van der Waals surface area (Å²) in [6.07, 6.45) is -4.39. The smallest absolute Gasteiger partial charge is 0.293 e. The zero-order chi connectivity index (χ0) is 17.5. The number of hydrogen-bond acceptors (Lipinski definition) is 1. The van der Waals surface area contributed by atoms with Crippen molar-refractivity contribution in [2.45, 2.75) is 57.7 Å². The first-order chi connectivity index (χ1) is 10.4. The molecule has 1 aromatic rings. The molecule has 0 atom stereocenters. The second kappa shape index (κ2) is 6.04. The van der Waals surface area contributed by atoms with Gasteiger partial charge in [0.25, 0.3) is 5.92 Å². The van der Waals surface area contributed by atoms with E-state index >= 15 is 0 Å². The Morgan fingerprint density at radius 2 is 1.78 bits per heavy atom. The number of alkyl halides is 5. The van der Waals surface area contributed by atoms with Gasteiger partial charge in [0.1, 0.15) is 0 Å². The molecule has 0 saturated carbocycles. The van der Waals surface area contributed by atoms with E-state index in [-0.39, 0.29) is 18.5 Å². The fraction of sp³-hybridized carbons (Fsp3) is 0.647. The minimum Gasteiger partial charge on any atom is -0.293 e. The van der Waals surface area contributed by atoms with Crippen LogP contribution in [-0.2, 0) is 18.1 Å². The summed E-state index contributed by atoms with van der Waals surface area (Å²) in [4.78, 5) is 1.41. The lowest BCUT2D eigenvalue weighted by molar-refractivity contribution is -0.138. The van der Waals surface area contributed by atoms with E-state index in [9.17, 15) is 22.0 Å². The number of piperidine rings is 1. The molecule has 0 aromatic heterocycles. The molecule has 0 aliphatic carbocycles. The van der Waals surface area contributed by atoms with Gasteiger partial charge in [-0.25, -0.2) is 8.78 Å². The summed E-state index contributed by atoms with van der Waals surface area (Å²) in [7, 11) is 0. The molecular weight excluding hydrogens is 313 g/mol. The highest BCUT2D eigenvalue weighted by Gasteiger charge is 2.38. The van der Waals surface area contributed by atoms with Crippen molar-refractivity contribution in [2.75, 3.05) is 13.1 Å². The normalized spacial score (nSPS) is 19.8. The van der Waals surface area contributed by atoms with Crippen molar-refractivity contribution >= 4 is 0 Å². The van der Waals surface area contributed by atoms with Crippen LogP contribution in [-0.4, -0.2) is 23.9 Å². The van der Waals surface area contributed by atoms with Crippen molar-refractivity contribution in [2.24, 2.45) is 0 Å². The first-order valence-corrected chi connectivity index (χ1v) is 7.69. The lowest BCUT2D eigenvalue weighted by Crippen LogP contribution is -2.42. The lowest BCUT2D eigenvalue weighted by atomic mass is 9.85. The van der Waals surface area contributed by atoms with Gasteiger partial charge in [0.05, 0.1) is 12.1 Å². The Morgan fingerprint density at radius 1 is 1.13 bits per heavy atom. The lowest BCUT2D eigenvalue weighted by Gasteiger charge is -2.33. The Kier molecular flexibility index (Phi) is 4.77. The number of benzene rings is 1. The molecule has 0 N–H and O–H groups in total. The standard InChI is InChI=1S/C17H22F5N/c1-15(2,3)13-6-5-12(14(9-13)17(20,21)22)10-23-8-4-7-16(18,19)11-23/h5-6,9H,4,7-8,10-11H2,1-3H3. The molecule has 0 bridgehead atoms. The molecule has 1 nitrogen and oxygen atoms in total. The number of likely N-dealkylation sites (tertiary alicyclic amines) is 1. The van der Waals surface area contributed by atoms with Crippen molar-refractivity contribution in [1.29, 1.82) is 0 Å². The third-order valence-electron chi connectivity index (χ3n) is 4.15. The van der Waals surface area contributed by atoms with Crippen LogP contribution >= 0.6 is 0 Å². The molecular formula is C17H22F5N. The maximum Gasteiger partial charge on any atom is 0.416 e. The Labute approximate surface area is 133 Å². The van der Waals surface area contributed by atoms with Gasteiger partial charge in [0, 0.05) is 13.0 Å². The van der Waals surface area contributed by atoms with E-state index in [0.717, 1.165) is 6.07 Å². The van der Waals surface area contributed by atoms with Crippen LogP contribution < -0.4 is 0 Å². The average molecular weight is 335 g/mol. The Balaban J connectivity index is 2.31. The number of nitrogens with zero attached hydrogens (tertiary/aromatic N) is 1. The summed E-state index contributed by atoms with van der Waals surface area (Å²) in [5.74, 6) is -2.82. The quantitative estimate of drug-likeness (QED) is 0.669.